The highest BCUT2D eigenvalue weighted by Gasteiger charge is 2.48. The van der Waals surface area contributed by atoms with E-state index in [4.69, 9.17) is 16.2 Å². The van der Waals surface area contributed by atoms with Gasteiger partial charge in [-0.3, -0.25) is 9.59 Å². The predicted octanol–water partition coefficient (Wildman–Crippen LogP) is 0.452. The first kappa shape index (κ1) is 14.3. The van der Waals surface area contributed by atoms with Crippen LogP contribution in [0.1, 0.15) is 30.4 Å². The Hall–Kier alpha value is -2.11. The van der Waals surface area contributed by atoms with Crippen LogP contribution in [0.25, 0.3) is 0 Å². The van der Waals surface area contributed by atoms with Gasteiger partial charge in [0.1, 0.15) is 0 Å². The molecule has 108 valence electrons. The van der Waals surface area contributed by atoms with Crippen LogP contribution in [0.2, 0.25) is 0 Å². The summed E-state index contributed by atoms with van der Waals surface area (Å²) in [5, 5.41) is 0. The van der Waals surface area contributed by atoms with Gasteiger partial charge in [-0.1, -0.05) is 0 Å². The molecule has 20 heavy (non-hydrogen) atoms. The lowest BCUT2D eigenvalue weighted by molar-refractivity contribution is -0.123. The zero-order valence-electron chi connectivity index (χ0n) is 11.5. The van der Waals surface area contributed by atoms with Crippen molar-refractivity contribution in [2.45, 2.75) is 32.6 Å². The Bertz CT molecular complexity index is 538. The second-order valence-corrected chi connectivity index (χ2v) is 5.29. The lowest BCUT2D eigenvalue weighted by atomic mass is 9.94. The van der Waals surface area contributed by atoms with Crippen molar-refractivity contribution in [2.75, 3.05) is 6.61 Å². The number of pyridine rings is 1. The van der Waals surface area contributed by atoms with Crippen LogP contribution in [0.15, 0.2) is 12.3 Å². The first-order chi connectivity index (χ1) is 9.44. The Morgan fingerprint density at radius 3 is 2.65 bits per heavy atom. The summed E-state index contributed by atoms with van der Waals surface area (Å²) in [6.07, 6.45) is 4.07. The van der Waals surface area contributed by atoms with Crippen molar-refractivity contribution in [1.29, 1.82) is 0 Å². The van der Waals surface area contributed by atoms with Crippen molar-refractivity contribution in [3.05, 3.63) is 23.4 Å². The van der Waals surface area contributed by atoms with Gasteiger partial charge in [0.2, 0.25) is 17.7 Å². The van der Waals surface area contributed by atoms with Crippen LogP contribution in [-0.2, 0) is 16.0 Å². The Labute approximate surface area is 117 Å². The van der Waals surface area contributed by atoms with Gasteiger partial charge in [-0.05, 0) is 37.8 Å². The molecule has 0 unspecified atom stereocenters. The number of nitrogens with zero attached hydrogens (tertiary/aromatic N) is 1. The number of nitrogens with two attached hydrogens (primary N) is 2. The van der Waals surface area contributed by atoms with Crippen molar-refractivity contribution in [3.8, 4) is 5.88 Å². The van der Waals surface area contributed by atoms with Gasteiger partial charge in [-0.2, -0.15) is 0 Å². The summed E-state index contributed by atoms with van der Waals surface area (Å²) in [7, 11) is 0. The summed E-state index contributed by atoms with van der Waals surface area (Å²) in [6, 6.07) is 1.87. The molecule has 0 radical (unpaired) electrons. The molecule has 0 aliphatic heterocycles. The van der Waals surface area contributed by atoms with Gasteiger partial charge in [0.25, 0.3) is 0 Å². The molecule has 0 aromatic carbocycles. The summed E-state index contributed by atoms with van der Waals surface area (Å²) >= 11 is 0. The van der Waals surface area contributed by atoms with Gasteiger partial charge in [-0.25, -0.2) is 4.98 Å². The third kappa shape index (κ3) is 3.07. The molecule has 1 fully saturated rings. The van der Waals surface area contributed by atoms with Crippen molar-refractivity contribution in [2.24, 2.45) is 16.9 Å². The van der Waals surface area contributed by atoms with Crippen LogP contribution in [0, 0.1) is 12.3 Å². The van der Waals surface area contributed by atoms with E-state index in [9.17, 15) is 9.59 Å². The Morgan fingerprint density at radius 1 is 1.40 bits per heavy atom. The van der Waals surface area contributed by atoms with E-state index in [0.29, 0.717) is 12.3 Å². The summed E-state index contributed by atoms with van der Waals surface area (Å²) in [5.74, 6) is -0.182. The van der Waals surface area contributed by atoms with Gasteiger partial charge in [0.05, 0.1) is 18.4 Å². The minimum Gasteiger partial charge on any atom is -0.477 e. The SMILES string of the molecule is Cc1c(CC2(C(N)=O)CC2)ccnc1OCCC(N)=O. The number of primary amides is 2. The fourth-order valence-corrected chi connectivity index (χ4v) is 2.17. The molecule has 1 aliphatic rings. The van der Waals surface area contributed by atoms with E-state index >= 15 is 0 Å². The van der Waals surface area contributed by atoms with Crippen molar-refractivity contribution < 1.29 is 14.3 Å². The minimum atomic E-state index is -0.413. The second kappa shape index (κ2) is 5.48. The van der Waals surface area contributed by atoms with E-state index in [2.05, 4.69) is 4.98 Å². The third-order valence-corrected chi connectivity index (χ3v) is 3.76. The van der Waals surface area contributed by atoms with Gasteiger partial charge in [0.15, 0.2) is 0 Å². The lowest BCUT2D eigenvalue weighted by Crippen LogP contribution is -2.27. The van der Waals surface area contributed by atoms with Crippen LogP contribution in [-0.4, -0.2) is 23.4 Å². The maximum atomic E-state index is 11.5. The van der Waals surface area contributed by atoms with Crippen LogP contribution in [0.3, 0.4) is 0 Å². The Kier molecular flexibility index (Phi) is 3.92. The van der Waals surface area contributed by atoms with E-state index in [-0.39, 0.29) is 18.9 Å². The molecule has 2 amide bonds. The third-order valence-electron chi connectivity index (χ3n) is 3.76. The van der Waals surface area contributed by atoms with Crippen molar-refractivity contribution >= 4 is 11.8 Å². The fourth-order valence-electron chi connectivity index (χ4n) is 2.17. The molecule has 6 heteroatoms. The molecule has 6 nitrogen and oxygen atoms in total. The van der Waals surface area contributed by atoms with E-state index < -0.39 is 11.3 Å². The number of aromatic nitrogens is 1. The summed E-state index contributed by atoms with van der Waals surface area (Å²) in [6.45, 7) is 2.09. The molecule has 4 N–H and O–H groups in total. The van der Waals surface area contributed by atoms with Gasteiger partial charge < -0.3 is 16.2 Å². The minimum absolute atomic E-state index is 0.149. The lowest BCUT2D eigenvalue weighted by Gasteiger charge is -2.15. The van der Waals surface area contributed by atoms with Crippen molar-refractivity contribution in [1.82, 2.24) is 4.98 Å². The zero-order valence-corrected chi connectivity index (χ0v) is 11.5. The zero-order chi connectivity index (χ0) is 14.8. The normalized spacial score (nSPS) is 15.7. The fraction of sp³-hybridized carbons (Fsp3) is 0.500. The van der Waals surface area contributed by atoms with Gasteiger partial charge in [-0.15, -0.1) is 0 Å². The molecule has 0 atom stereocenters. The molecule has 0 bridgehead atoms. The van der Waals surface area contributed by atoms with Crippen LogP contribution >= 0.6 is 0 Å². The first-order valence-corrected chi connectivity index (χ1v) is 6.60. The number of hydrogen-bond donors (Lipinski definition) is 2. The second-order valence-electron chi connectivity index (χ2n) is 5.29. The average molecular weight is 277 g/mol. The van der Waals surface area contributed by atoms with Gasteiger partial charge >= 0.3 is 0 Å². The number of rotatable bonds is 7. The maximum absolute atomic E-state index is 11.5. The average Bonchev–Trinajstić information content (AvgIpc) is 3.14. The highest BCUT2D eigenvalue weighted by Crippen LogP contribution is 2.48. The molecule has 2 rings (SSSR count). The Morgan fingerprint density at radius 2 is 2.10 bits per heavy atom. The number of amides is 2. The first-order valence-electron chi connectivity index (χ1n) is 6.60. The van der Waals surface area contributed by atoms with Crippen LogP contribution in [0.5, 0.6) is 5.88 Å². The molecule has 0 spiro atoms. The quantitative estimate of drug-likeness (QED) is 0.754. The number of carbonyl (C=O) groups excluding carboxylic acids is 2. The topological polar surface area (TPSA) is 108 Å². The highest BCUT2D eigenvalue weighted by molar-refractivity contribution is 5.84. The van der Waals surface area contributed by atoms with Gasteiger partial charge in [0, 0.05) is 11.8 Å². The molecule has 1 aliphatic carbocycles. The van der Waals surface area contributed by atoms with E-state index in [1.165, 1.54) is 0 Å². The van der Waals surface area contributed by atoms with Crippen LogP contribution in [0.4, 0.5) is 0 Å². The summed E-state index contributed by atoms with van der Waals surface area (Å²) in [5.41, 5.74) is 12.0. The molecule has 1 aromatic heterocycles. The predicted molar refractivity (Wildman–Crippen MR) is 72.8 cm³/mol. The molecule has 0 saturated heterocycles. The van der Waals surface area contributed by atoms with E-state index in [1.807, 2.05) is 13.0 Å². The number of ether oxygens (including phenoxy) is 1. The molecule has 1 heterocycles. The standard InChI is InChI=1S/C14H19N3O3/c1-9-10(8-14(4-5-14)13(16)19)2-6-17-12(9)20-7-3-11(15)18/h2,6H,3-5,7-8H2,1H3,(H2,15,18)(H2,16,19). The largest absolute Gasteiger partial charge is 0.477 e. The highest BCUT2D eigenvalue weighted by atomic mass is 16.5. The Balaban J connectivity index is 2.07. The van der Waals surface area contributed by atoms with Crippen molar-refractivity contribution in [3.63, 3.8) is 0 Å². The molecule has 1 aromatic rings. The maximum Gasteiger partial charge on any atom is 0.223 e. The smallest absolute Gasteiger partial charge is 0.223 e. The van der Waals surface area contributed by atoms with Crippen LogP contribution < -0.4 is 16.2 Å². The number of carbonyl (C=O) groups is 2. The molecule has 1 saturated carbocycles. The monoisotopic (exact) mass is 277 g/mol. The molecular formula is C14H19N3O3. The molecular weight excluding hydrogens is 258 g/mol. The summed E-state index contributed by atoms with van der Waals surface area (Å²) in [4.78, 5) is 26.3. The van der Waals surface area contributed by atoms with E-state index in [0.717, 1.165) is 24.0 Å². The summed E-state index contributed by atoms with van der Waals surface area (Å²) < 4.78 is 5.46. The van der Waals surface area contributed by atoms with E-state index in [1.54, 1.807) is 6.20 Å². The number of hydrogen-bond acceptors (Lipinski definition) is 4.